The Balaban J connectivity index is 1.58. The highest BCUT2D eigenvalue weighted by Crippen LogP contribution is 2.27. The van der Waals surface area contributed by atoms with Crippen LogP contribution in [0.2, 0.25) is 0 Å². The molecule has 7 heteroatoms. The monoisotopic (exact) mass is 423 g/mol. The number of rotatable bonds is 7. The van der Waals surface area contributed by atoms with Crippen molar-refractivity contribution >= 4 is 28.3 Å². The van der Waals surface area contributed by atoms with Crippen LogP contribution in [0.3, 0.4) is 0 Å². The van der Waals surface area contributed by atoms with Gasteiger partial charge in [-0.3, -0.25) is 14.9 Å². The summed E-state index contributed by atoms with van der Waals surface area (Å²) in [4.78, 5) is 27.8. The van der Waals surface area contributed by atoms with E-state index in [1.54, 1.807) is 0 Å². The van der Waals surface area contributed by atoms with E-state index < -0.39 is 0 Å². The van der Waals surface area contributed by atoms with Gasteiger partial charge >= 0.3 is 0 Å². The van der Waals surface area contributed by atoms with Crippen molar-refractivity contribution in [3.05, 3.63) is 64.0 Å². The Morgan fingerprint density at radius 2 is 1.73 bits per heavy atom. The van der Waals surface area contributed by atoms with Crippen LogP contribution in [0.4, 0.5) is 5.13 Å². The lowest BCUT2D eigenvalue weighted by molar-refractivity contribution is -0.119. The molecule has 2 aromatic carbocycles. The van der Waals surface area contributed by atoms with Crippen molar-refractivity contribution in [2.24, 2.45) is 0 Å². The number of amides is 2. The molecule has 0 spiro atoms. The van der Waals surface area contributed by atoms with E-state index in [9.17, 15) is 9.59 Å². The summed E-state index contributed by atoms with van der Waals surface area (Å²) in [6, 6.07) is 11.8. The first-order valence-corrected chi connectivity index (χ1v) is 10.5. The second-order valence-electron chi connectivity index (χ2n) is 7.13. The Labute approximate surface area is 180 Å². The molecule has 1 aromatic heterocycles. The van der Waals surface area contributed by atoms with Crippen molar-refractivity contribution < 1.29 is 14.3 Å². The first kappa shape index (κ1) is 21.5. The number of thiazole rings is 1. The maximum atomic E-state index is 12.3. The highest BCUT2D eigenvalue weighted by atomic mass is 32.1. The largest absolute Gasteiger partial charge is 0.483 e. The number of aromatic nitrogens is 1. The number of nitrogens with one attached hydrogen (secondary N) is 2. The number of nitrogens with zero attached hydrogens (tertiary/aromatic N) is 1. The van der Waals surface area contributed by atoms with Crippen LogP contribution in [-0.4, -0.2) is 23.4 Å². The van der Waals surface area contributed by atoms with Gasteiger partial charge in [-0.2, -0.15) is 0 Å². The molecule has 3 rings (SSSR count). The summed E-state index contributed by atoms with van der Waals surface area (Å²) in [6.45, 7) is 7.89. The first-order chi connectivity index (χ1) is 14.3. The predicted molar refractivity (Wildman–Crippen MR) is 120 cm³/mol. The van der Waals surface area contributed by atoms with Crippen molar-refractivity contribution in [1.82, 2.24) is 10.3 Å². The van der Waals surface area contributed by atoms with Gasteiger partial charge in [0.05, 0.1) is 5.69 Å². The second-order valence-corrected chi connectivity index (χ2v) is 7.99. The van der Waals surface area contributed by atoms with Crippen molar-refractivity contribution in [1.29, 1.82) is 0 Å². The highest BCUT2D eigenvalue weighted by Gasteiger charge is 2.12. The third kappa shape index (κ3) is 5.45. The molecule has 6 nitrogen and oxygen atoms in total. The Morgan fingerprint density at radius 3 is 2.43 bits per heavy atom. The molecule has 30 heavy (non-hydrogen) atoms. The fourth-order valence-corrected chi connectivity index (χ4v) is 3.66. The molecule has 0 aliphatic heterocycles. The number of carbonyl (C=O) groups is 2. The number of aryl methyl sites for hydroxylation is 2. The minimum absolute atomic E-state index is 0.0596. The van der Waals surface area contributed by atoms with Crippen LogP contribution in [0.15, 0.2) is 41.8 Å². The summed E-state index contributed by atoms with van der Waals surface area (Å²) < 4.78 is 5.76. The van der Waals surface area contributed by atoms with Crippen molar-refractivity contribution in [2.45, 2.75) is 34.2 Å². The molecule has 0 fully saturated rings. The maximum absolute atomic E-state index is 12.3. The number of hydrogen-bond donors (Lipinski definition) is 2. The zero-order valence-corrected chi connectivity index (χ0v) is 18.4. The van der Waals surface area contributed by atoms with Crippen molar-refractivity contribution in [2.75, 3.05) is 11.9 Å². The SMILES string of the molecule is CC(=O)NCc1ccc(-c2csc(NC(=O)COc3c(C)ccc(C)c3C)n2)cc1. The quantitative estimate of drug-likeness (QED) is 0.591. The molecular formula is C23H25N3O3S. The lowest BCUT2D eigenvalue weighted by Gasteiger charge is -2.13. The Kier molecular flexibility index (Phi) is 6.84. The lowest BCUT2D eigenvalue weighted by atomic mass is 10.1. The van der Waals surface area contributed by atoms with Crippen molar-refractivity contribution in [3.8, 4) is 17.0 Å². The maximum Gasteiger partial charge on any atom is 0.264 e. The fraction of sp³-hybridized carbons (Fsp3) is 0.261. The molecule has 0 atom stereocenters. The average Bonchev–Trinajstić information content (AvgIpc) is 3.18. The van der Waals surface area contributed by atoms with E-state index in [0.29, 0.717) is 11.7 Å². The van der Waals surface area contributed by atoms with Gasteiger partial charge in [-0.05, 0) is 43.0 Å². The molecule has 3 aromatic rings. The van der Waals surface area contributed by atoms with Crippen molar-refractivity contribution in [3.63, 3.8) is 0 Å². The molecule has 0 aliphatic carbocycles. The minimum atomic E-state index is -0.248. The Hall–Kier alpha value is -3.19. The van der Waals surface area contributed by atoms with Gasteiger partial charge in [-0.1, -0.05) is 36.4 Å². The summed E-state index contributed by atoms with van der Waals surface area (Å²) in [5, 5.41) is 7.99. The lowest BCUT2D eigenvalue weighted by Crippen LogP contribution is -2.20. The molecule has 156 valence electrons. The van der Waals surface area contributed by atoms with E-state index in [1.807, 2.05) is 62.5 Å². The molecule has 2 N–H and O–H groups in total. The van der Waals surface area contributed by atoms with Crippen LogP contribution in [0, 0.1) is 20.8 Å². The number of ether oxygens (including phenoxy) is 1. The summed E-state index contributed by atoms with van der Waals surface area (Å²) >= 11 is 1.37. The zero-order valence-electron chi connectivity index (χ0n) is 17.5. The minimum Gasteiger partial charge on any atom is -0.483 e. The van der Waals surface area contributed by atoms with Crippen LogP contribution in [0.5, 0.6) is 5.75 Å². The third-order valence-corrected chi connectivity index (χ3v) is 5.52. The first-order valence-electron chi connectivity index (χ1n) is 9.62. The number of benzene rings is 2. The smallest absolute Gasteiger partial charge is 0.264 e. The van der Waals surface area contributed by atoms with Gasteiger partial charge in [-0.25, -0.2) is 4.98 Å². The average molecular weight is 424 g/mol. The molecule has 0 saturated heterocycles. The standard InChI is InChI=1S/C23H25N3O3S/c1-14-5-6-15(2)22(16(14)3)29-12-21(28)26-23-25-20(13-30-23)19-9-7-18(8-10-19)11-24-17(4)27/h5-10,13H,11-12H2,1-4H3,(H,24,27)(H,25,26,28). The Morgan fingerprint density at radius 1 is 1.03 bits per heavy atom. The number of hydrogen-bond acceptors (Lipinski definition) is 5. The van der Waals surface area contributed by atoms with E-state index in [-0.39, 0.29) is 18.4 Å². The van der Waals surface area contributed by atoms with E-state index in [2.05, 4.69) is 15.6 Å². The normalized spacial score (nSPS) is 10.5. The fourth-order valence-electron chi connectivity index (χ4n) is 2.92. The van der Waals surface area contributed by atoms with Gasteiger partial charge in [0.15, 0.2) is 11.7 Å². The van der Waals surface area contributed by atoms with Gasteiger partial charge < -0.3 is 10.1 Å². The zero-order chi connectivity index (χ0) is 21.7. The molecular weight excluding hydrogens is 398 g/mol. The van der Waals surface area contributed by atoms with Gasteiger partial charge in [0.25, 0.3) is 5.91 Å². The van der Waals surface area contributed by atoms with E-state index in [0.717, 1.165) is 39.3 Å². The van der Waals surface area contributed by atoms with Gasteiger partial charge in [-0.15, -0.1) is 11.3 Å². The predicted octanol–water partition coefficient (Wildman–Crippen LogP) is 4.39. The van der Waals surface area contributed by atoms with Crippen LogP contribution in [0.1, 0.15) is 29.2 Å². The number of anilines is 1. The molecule has 0 aliphatic rings. The highest BCUT2D eigenvalue weighted by molar-refractivity contribution is 7.14. The number of carbonyl (C=O) groups excluding carboxylic acids is 2. The Bertz CT molecular complexity index is 1060. The molecule has 0 bridgehead atoms. The molecule has 2 amide bonds. The van der Waals surface area contributed by atoms with Crippen LogP contribution < -0.4 is 15.4 Å². The van der Waals surface area contributed by atoms with Crippen LogP contribution in [-0.2, 0) is 16.1 Å². The van der Waals surface area contributed by atoms with Gasteiger partial charge in [0.2, 0.25) is 5.91 Å². The van der Waals surface area contributed by atoms with E-state index >= 15 is 0 Å². The molecule has 1 heterocycles. The van der Waals surface area contributed by atoms with Gasteiger partial charge in [0, 0.05) is 24.4 Å². The molecule has 0 saturated carbocycles. The summed E-state index contributed by atoms with van der Waals surface area (Å²) in [5.41, 5.74) is 5.92. The van der Waals surface area contributed by atoms with E-state index in [1.165, 1.54) is 18.3 Å². The third-order valence-electron chi connectivity index (χ3n) is 4.76. The van der Waals surface area contributed by atoms with Crippen LogP contribution in [0.25, 0.3) is 11.3 Å². The topological polar surface area (TPSA) is 80.3 Å². The van der Waals surface area contributed by atoms with Gasteiger partial charge in [0.1, 0.15) is 5.75 Å². The summed E-state index contributed by atoms with van der Waals surface area (Å²) in [5.74, 6) is 0.446. The summed E-state index contributed by atoms with van der Waals surface area (Å²) in [6.07, 6.45) is 0. The molecule has 0 radical (unpaired) electrons. The summed E-state index contributed by atoms with van der Waals surface area (Å²) in [7, 11) is 0. The van der Waals surface area contributed by atoms with Crippen LogP contribution >= 0.6 is 11.3 Å². The van der Waals surface area contributed by atoms with E-state index in [4.69, 9.17) is 4.74 Å². The molecule has 0 unspecified atom stereocenters. The second kappa shape index (κ2) is 9.54.